The molecule has 0 saturated carbocycles. The van der Waals surface area contributed by atoms with Crippen molar-refractivity contribution in [2.45, 2.75) is 18.9 Å². The van der Waals surface area contributed by atoms with Crippen molar-refractivity contribution in [2.24, 2.45) is 0 Å². The molecule has 2 aromatic rings. The highest BCUT2D eigenvalue weighted by atomic mass is 16.5. The Morgan fingerprint density at radius 2 is 2.10 bits per heavy atom. The Labute approximate surface area is 122 Å². The number of aromatic hydroxyl groups is 1. The Bertz CT molecular complexity index is 664. The molecule has 0 fully saturated rings. The van der Waals surface area contributed by atoms with E-state index in [0.29, 0.717) is 17.8 Å². The lowest BCUT2D eigenvalue weighted by Crippen LogP contribution is -2.17. The zero-order chi connectivity index (χ0) is 14.8. The molecule has 0 spiro atoms. The molecule has 0 saturated heterocycles. The summed E-state index contributed by atoms with van der Waals surface area (Å²) in [6, 6.07) is 11.3. The fourth-order valence-electron chi connectivity index (χ4n) is 2.73. The van der Waals surface area contributed by atoms with Crippen LogP contribution in [-0.4, -0.2) is 18.5 Å². The number of ether oxygens (including phenoxy) is 2. The first-order valence-electron chi connectivity index (χ1n) is 6.84. The molecule has 108 valence electrons. The highest BCUT2D eigenvalue weighted by molar-refractivity contribution is 5.85. The van der Waals surface area contributed by atoms with Crippen LogP contribution in [0, 0.1) is 0 Å². The average molecular weight is 284 g/mol. The molecule has 0 amide bonds. The van der Waals surface area contributed by atoms with Gasteiger partial charge in [-0.25, -0.2) is 0 Å². The predicted molar refractivity (Wildman–Crippen MR) is 78.2 cm³/mol. The molecule has 1 N–H and O–H groups in total. The zero-order valence-corrected chi connectivity index (χ0v) is 11.7. The minimum atomic E-state index is -0.121. The van der Waals surface area contributed by atoms with Crippen LogP contribution < -0.4 is 9.47 Å². The smallest absolute Gasteiger partial charge is 0.157 e. The van der Waals surface area contributed by atoms with Crippen molar-refractivity contribution in [3.63, 3.8) is 0 Å². The molecule has 1 aliphatic heterocycles. The summed E-state index contributed by atoms with van der Waals surface area (Å²) >= 11 is 0. The molecular formula is C17H16O4. The number of carbonyl (C=O) groups excluding carboxylic acids is 1. The van der Waals surface area contributed by atoms with Gasteiger partial charge in [0.15, 0.2) is 6.29 Å². The van der Waals surface area contributed by atoms with Gasteiger partial charge in [0.25, 0.3) is 0 Å². The lowest BCUT2D eigenvalue weighted by Gasteiger charge is -2.28. The molecule has 2 aromatic carbocycles. The molecule has 0 unspecified atom stereocenters. The molecule has 0 bridgehead atoms. The van der Waals surface area contributed by atoms with Crippen LogP contribution in [0.1, 0.15) is 34.0 Å². The minimum Gasteiger partial charge on any atom is -0.507 e. The van der Waals surface area contributed by atoms with Crippen LogP contribution in [0.5, 0.6) is 17.2 Å². The fraction of sp³-hybridized carbons (Fsp3) is 0.235. The molecule has 0 aliphatic carbocycles. The number of carbonyl (C=O) groups is 1. The third kappa shape index (κ3) is 2.33. The van der Waals surface area contributed by atoms with E-state index in [1.807, 2.05) is 30.3 Å². The van der Waals surface area contributed by atoms with Crippen molar-refractivity contribution in [1.82, 2.24) is 0 Å². The maximum absolute atomic E-state index is 11.3. The number of phenols is 1. The van der Waals surface area contributed by atoms with E-state index in [2.05, 4.69) is 0 Å². The summed E-state index contributed by atoms with van der Waals surface area (Å²) in [4.78, 5) is 11.3. The van der Waals surface area contributed by atoms with Crippen molar-refractivity contribution < 1.29 is 19.4 Å². The van der Waals surface area contributed by atoms with Crippen molar-refractivity contribution in [1.29, 1.82) is 0 Å². The molecule has 21 heavy (non-hydrogen) atoms. The van der Waals surface area contributed by atoms with Gasteiger partial charge in [-0.05, 0) is 18.4 Å². The van der Waals surface area contributed by atoms with Crippen molar-refractivity contribution in [2.75, 3.05) is 7.11 Å². The molecule has 4 heteroatoms. The number of rotatable bonds is 3. The van der Waals surface area contributed by atoms with Crippen LogP contribution in [0.2, 0.25) is 0 Å². The van der Waals surface area contributed by atoms with Gasteiger partial charge in [0.1, 0.15) is 23.4 Å². The van der Waals surface area contributed by atoms with E-state index in [1.165, 1.54) is 6.07 Å². The first-order valence-corrected chi connectivity index (χ1v) is 6.84. The van der Waals surface area contributed by atoms with E-state index in [-0.39, 0.29) is 17.4 Å². The molecule has 1 aliphatic rings. The first-order chi connectivity index (χ1) is 10.2. The van der Waals surface area contributed by atoms with E-state index in [4.69, 9.17) is 9.47 Å². The summed E-state index contributed by atoms with van der Waals surface area (Å²) in [5.41, 5.74) is 2.08. The number of hydrogen-bond donors (Lipinski definition) is 1. The maximum atomic E-state index is 11.3. The largest absolute Gasteiger partial charge is 0.507 e. The molecule has 3 rings (SSSR count). The summed E-state index contributed by atoms with van der Waals surface area (Å²) < 4.78 is 11.3. The van der Waals surface area contributed by atoms with Crippen LogP contribution in [-0.2, 0) is 6.42 Å². The average Bonchev–Trinajstić information content (AvgIpc) is 2.54. The Hall–Kier alpha value is -2.49. The van der Waals surface area contributed by atoms with E-state index in [0.717, 1.165) is 24.0 Å². The van der Waals surface area contributed by atoms with Crippen LogP contribution in [0.3, 0.4) is 0 Å². The summed E-state index contributed by atoms with van der Waals surface area (Å²) in [5, 5.41) is 9.94. The Kier molecular flexibility index (Phi) is 3.52. The van der Waals surface area contributed by atoms with Gasteiger partial charge in [0, 0.05) is 11.6 Å². The summed E-state index contributed by atoms with van der Waals surface area (Å²) in [6.45, 7) is 0. The van der Waals surface area contributed by atoms with E-state index >= 15 is 0 Å². The fourth-order valence-corrected chi connectivity index (χ4v) is 2.73. The van der Waals surface area contributed by atoms with Gasteiger partial charge in [-0.2, -0.15) is 0 Å². The minimum absolute atomic E-state index is 0.116. The van der Waals surface area contributed by atoms with Gasteiger partial charge >= 0.3 is 0 Å². The highest BCUT2D eigenvalue weighted by Gasteiger charge is 2.28. The molecule has 1 atom stereocenters. The zero-order valence-electron chi connectivity index (χ0n) is 11.7. The van der Waals surface area contributed by atoms with E-state index in [9.17, 15) is 9.90 Å². The third-order valence-electron chi connectivity index (χ3n) is 3.79. The Balaban J connectivity index is 2.05. The topological polar surface area (TPSA) is 55.8 Å². The highest BCUT2D eigenvalue weighted by Crippen LogP contribution is 2.44. The molecule has 0 aromatic heterocycles. The standard InChI is InChI=1S/C17H16O4/c1-20-16-9-14(19)13(10-18)17-12(16)7-8-15(21-17)11-5-3-2-4-6-11/h2-6,9-10,15,19H,7-8H2,1H3/t15-/m0/s1. The Morgan fingerprint density at radius 3 is 2.76 bits per heavy atom. The second kappa shape index (κ2) is 5.48. The van der Waals surface area contributed by atoms with Gasteiger partial charge in [-0.3, -0.25) is 4.79 Å². The van der Waals surface area contributed by atoms with E-state index < -0.39 is 0 Å². The lowest BCUT2D eigenvalue weighted by molar-refractivity contribution is 0.110. The van der Waals surface area contributed by atoms with Gasteiger partial charge in [-0.15, -0.1) is 0 Å². The third-order valence-corrected chi connectivity index (χ3v) is 3.79. The number of methoxy groups -OCH3 is 1. The number of fused-ring (bicyclic) bond motifs is 1. The van der Waals surface area contributed by atoms with E-state index in [1.54, 1.807) is 7.11 Å². The van der Waals surface area contributed by atoms with Crippen LogP contribution in [0.15, 0.2) is 36.4 Å². The van der Waals surface area contributed by atoms with Gasteiger partial charge in [0.2, 0.25) is 0 Å². The van der Waals surface area contributed by atoms with Crippen molar-refractivity contribution >= 4 is 6.29 Å². The second-order valence-corrected chi connectivity index (χ2v) is 4.99. The monoisotopic (exact) mass is 284 g/mol. The first kappa shape index (κ1) is 13.5. The molecule has 1 heterocycles. The summed E-state index contributed by atoms with van der Waals surface area (Å²) in [7, 11) is 1.54. The summed E-state index contributed by atoms with van der Waals surface area (Å²) in [6.07, 6.45) is 2.04. The SMILES string of the molecule is COc1cc(O)c(C=O)c2c1CC[C@@H](c1ccccc1)O2. The van der Waals surface area contributed by atoms with Crippen LogP contribution in [0.4, 0.5) is 0 Å². The molecular weight excluding hydrogens is 268 g/mol. The molecule has 0 radical (unpaired) electrons. The second-order valence-electron chi connectivity index (χ2n) is 4.99. The molecule has 4 nitrogen and oxygen atoms in total. The van der Waals surface area contributed by atoms with Crippen molar-refractivity contribution in [3.8, 4) is 17.2 Å². The number of hydrogen-bond acceptors (Lipinski definition) is 4. The number of phenolic OH excluding ortho intramolecular Hbond substituents is 1. The van der Waals surface area contributed by atoms with Gasteiger partial charge in [0.05, 0.1) is 12.7 Å². The van der Waals surface area contributed by atoms with Crippen LogP contribution >= 0.6 is 0 Å². The Morgan fingerprint density at radius 1 is 1.33 bits per heavy atom. The predicted octanol–water partition coefficient (Wildman–Crippen LogP) is 3.28. The lowest BCUT2D eigenvalue weighted by atomic mass is 9.94. The van der Waals surface area contributed by atoms with Gasteiger partial charge in [-0.1, -0.05) is 30.3 Å². The maximum Gasteiger partial charge on any atom is 0.157 e. The number of aldehydes is 1. The normalized spacial score (nSPS) is 16.7. The van der Waals surface area contributed by atoms with Crippen LogP contribution in [0.25, 0.3) is 0 Å². The summed E-state index contributed by atoms with van der Waals surface area (Å²) in [5.74, 6) is 0.871. The number of benzene rings is 2. The van der Waals surface area contributed by atoms with Gasteiger partial charge < -0.3 is 14.6 Å². The quantitative estimate of drug-likeness (QED) is 0.879. The van der Waals surface area contributed by atoms with Crippen molar-refractivity contribution in [3.05, 3.63) is 53.1 Å².